The van der Waals surface area contributed by atoms with E-state index in [9.17, 15) is 0 Å². The van der Waals surface area contributed by atoms with Crippen LogP contribution >= 0.6 is 36.2 Å². The number of rotatable bonds is 1. The van der Waals surface area contributed by atoms with Crippen LogP contribution in [-0.4, -0.2) is 39.5 Å². The zero-order valence-electron chi connectivity index (χ0n) is 5.69. The molecule has 0 spiro atoms. The highest BCUT2D eigenvalue weighted by Crippen LogP contribution is 2.39. The molecular weight excluding hydrogens is 182 g/mol. The third-order valence-electron chi connectivity index (χ3n) is 1.99. The lowest BCUT2D eigenvalue weighted by molar-refractivity contribution is 0.316. The van der Waals surface area contributed by atoms with Crippen LogP contribution in [0.25, 0.3) is 0 Å². The molecular formula is C6H11NS3. The van der Waals surface area contributed by atoms with Crippen LogP contribution in [0.1, 0.15) is 0 Å². The van der Waals surface area contributed by atoms with E-state index in [0.29, 0.717) is 5.37 Å². The van der Waals surface area contributed by atoms with Gasteiger partial charge in [-0.2, -0.15) is 12.6 Å². The second-order valence-electron chi connectivity index (χ2n) is 2.53. The van der Waals surface area contributed by atoms with E-state index in [1.165, 1.54) is 18.1 Å². The zero-order chi connectivity index (χ0) is 6.97. The SMILES string of the molecule is SCC1SCC2SCCN12. The third kappa shape index (κ3) is 1.19. The minimum Gasteiger partial charge on any atom is -0.277 e. The summed E-state index contributed by atoms with van der Waals surface area (Å²) < 4.78 is 0. The Bertz CT molecular complexity index is 130. The van der Waals surface area contributed by atoms with E-state index >= 15 is 0 Å². The lowest BCUT2D eigenvalue weighted by Gasteiger charge is -2.19. The summed E-state index contributed by atoms with van der Waals surface area (Å²) in [6.07, 6.45) is 0. The van der Waals surface area contributed by atoms with E-state index in [4.69, 9.17) is 0 Å². The standard InChI is InChI=1S/C6H11NS3/c8-3-5-7-1-2-9-6(7)4-10-5/h5-6,8H,1-4H2. The maximum absolute atomic E-state index is 4.33. The van der Waals surface area contributed by atoms with Crippen LogP contribution in [0.4, 0.5) is 0 Å². The van der Waals surface area contributed by atoms with Crippen molar-refractivity contribution in [2.75, 3.05) is 23.8 Å². The molecule has 0 bridgehead atoms. The van der Waals surface area contributed by atoms with Crippen LogP contribution in [-0.2, 0) is 0 Å². The van der Waals surface area contributed by atoms with Gasteiger partial charge in [0.15, 0.2) is 0 Å². The van der Waals surface area contributed by atoms with Gasteiger partial charge in [0.25, 0.3) is 0 Å². The van der Waals surface area contributed by atoms with Crippen molar-refractivity contribution in [1.29, 1.82) is 0 Å². The average molecular weight is 193 g/mol. The van der Waals surface area contributed by atoms with Crippen LogP contribution in [0.3, 0.4) is 0 Å². The number of fused-ring (bicyclic) bond motifs is 1. The highest BCUT2D eigenvalue weighted by atomic mass is 32.2. The predicted octanol–water partition coefficient (Wildman–Crippen LogP) is 1.36. The summed E-state index contributed by atoms with van der Waals surface area (Å²) in [5, 5.41) is 1.53. The quantitative estimate of drug-likeness (QED) is 0.627. The van der Waals surface area contributed by atoms with Gasteiger partial charge in [0.1, 0.15) is 0 Å². The van der Waals surface area contributed by atoms with Crippen molar-refractivity contribution in [2.24, 2.45) is 0 Å². The van der Waals surface area contributed by atoms with Crippen LogP contribution in [0, 0.1) is 0 Å². The minimum atomic E-state index is 0.711. The molecule has 2 saturated heterocycles. The normalized spacial score (nSPS) is 40.5. The smallest absolute Gasteiger partial charge is 0.0659 e. The molecule has 0 amide bonds. The Morgan fingerprint density at radius 1 is 1.50 bits per heavy atom. The Morgan fingerprint density at radius 2 is 2.40 bits per heavy atom. The summed E-state index contributed by atoms with van der Waals surface area (Å²) in [6.45, 7) is 1.29. The molecule has 1 nitrogen and oxygen atoms in total. The third-order valence-corrected chi connectivity index (χ3v) is 5.36. The van der Waals surface area contributed by atoms with Gasteiger partial charge < -0.3 is 0 Å². The molecule has 0 aromatic carbocycles. The molecule has 2 fully saturated rings. The van der Waals surface area contributed by atoms with Crippen molar-refractivity contribution < 1.29 is 0 Å². The van der Waals surface area contributed by atoms with Crippen molar-refractivity contribution in [3.8, 4) is 0 Å². The lowest BCUT2D eigenvalue weighted by atomic mass is 10.5. The topological polar surface area (TPSA) is 3.24 Å². The van der Waals surface area contributed by atoms with Gasteiger partial charge in [0.2, 0.25) is 0 Å². The van der Waals surface area contributed by atoms with Crippen LogP contribution in [0.15, 0.2) is 0 Å². The fraction of sp³-hybridized carbons (Fsp3) is 1.00. The van der Waals surface area contributed by atoms with Gasteiger partial charge in [0.05, 0.1) is 10.7 Å². The van der Waals surface area contributed by atoms with Crippen molar-refractivity contribution >= 4 is 36.2 Å². The van der Waals surface area contributed by atoms with E-state index in [1.807, 2.05) is 0 Å². The number of nitrogens with zero attached hydrogens (tertiary/aromatic N) is 1. The van der Waals surface area contributed by atoms with Gasteiger partial charge in [-0.25, -0.2) is 0 Å². The average Bonchev–Trinajstić information content (AvgIpc) is 2.44. The second kappa shape index (κ2) is 3.17. The van der Waals surface area contributed by atoms with Crippen LogP contribution in [0.5, 0.6) is 0 Å². The highest BCUT2D eigenvalue weighted by Gasteiger charge is 2.36. The van der Waals surface area contributed by atoms with E-state index < -0.39 is 0 Å². The Balaban J connectivity index is 2.01. The monoisotopic (exact) mass is 193 g/mol. The summed E-state index contributed by atoms with van der Waals surface area (Å²) in [6, 6.07) is 0. The molecule has 0 aromatic rings. The van der Waals surface area contributed by atoms with Gasteiger partial charge in [-0.05, 0) is 0 Å². The Kier molecular flexibility index (Phi) is 2.42. The largest absolute Gasteiger partial charge is 0.277 e. The van der Waals surface area contributed by atoms with E-state index in [-0.39, 0.29) is 0 Å². The molecule has 4 heteroatoms. The molecule has 0 aromatic heterocycles. The van der Waals surface area contributed by atoms with Gasteiger partial charge in [-0.3, -0.25) is 4.90 Å². The number of thioether (sulfide) groups is 2. The molecule has 0 saturated carbocycles. The van der Waals surface area contributed by atoms with Crippen LogP contribution < -0.4 is 0 Å². The first-order valence-corrected chi connectivity index (χ1v) is 6.24. The number of hydrogen-bond acceptors (Lipinski definition) is 4. The van der Waals surface area contributed by atoms with E-state index in [1.54, 1.807) is 0 Å². The molecule has 58 valence electrons. The first-order chi connectivity index (χ1) is 4.92. The van der Waals surface area contributed by atoms with E-state index in [0.717, 1.165) is 11.1 Å². The molecule has 0 aliphatic carbocycles. The van der Waals surface area contributed by atoms with Gasteiger partial charge >= 0.3 is 0 Å². The molecule has 10 heavy (non-hydrogen) atoms. The maximum atomic E-state index is 4.33. The number of thiol groups is 1. The molecule has 2 aliphatic heterocycles. The van der Waals surface area contributed by atoms with E-state index in [2.05, 4.69) is 41.1 Å². The molecule has 2 atom stereocenters. The summed E-state index contributed by atoms with van der Waals surface area (Å²) in [5.74, 6) is 3.66. The summed E-state index contributed by atoms with van der Waals surface area (Å²) in [7, 11) is 0. The first-order valence-electron chi connectivity index (χ1n) is 3.51. The first kappa shape index (κ1) is 7.65. The molecule has 2 aliphatic rings. The summed E-state index contributed by atoms with van der Waals surface area (Å²) >= 11 is 8.49. The van der Waals surface area contributed by atoms with Crippen molar-refractivity contribution in [3.05, 3.63) is 0 Å². The Morgan fingerprint density at radius 3 is 3.20 bits per heavy atom. The van der Waals surface area contributed by atoms with Crippen molar-refractivity contribution in [1.82, 2.24) is 4.90 Å². The van der Waals surface area contributed by atoms with Crippen molar-refractivity contribution in [3.63, 3.8) is 0 Å². The van der Waals surface area contributed by atoms with Gasteiger partial charge in [-0.15, -0.1) is 23.5 Å². The summed E-state index contributed by atoms with van der Waals surface area (Å²) in [4.78, 5) is 2.59. The van der Waals surface area contributed by atoms with Gasteiger partial charge in [0, 0.05) is 23.8 Å². The zero-order valence-corrected chi connectivity index (χ0v) is 8.22. The van der Waals surface area contributed by atoms with Crippen LogP contribution in [0.2, 0.25) is 0 Å². The molecule has 0 radical (unpaired) electrons. The highest BCUT2D eigenvalue weighted by molar-refractivity contribution is 8.04. The fourth-order valence-corrected chi connectivity index (χ4v) is 4.84. The maximum Gasteiger partial charge on any atom is 0.0659 e. The predicted molar refractivity (Wildman–Crippen MR) is 53.1 cm³/mol. The lowest BCUT2D eigenvalue weighted by Crippen LogP contribution is -2.31. The molecule has 0 N–H and O–H groups in total. The molecule has 2 heterocycles. The second-order valence-corrected chi connectivity index (χ2v) is 5.40. The minimum absolute atomic E-state index is 0.711. The molecule has 2 unspecified atom stereocenters. The number of hydrogen-bond donors (Lipinski definition) is 1. The van der Waals surface area contributed by atoms with Crippen molar-refractivity contribution in [2.45, 2.75) is 10.7 Å². The molecule has 2 rings (SSSR count). The fourth-order valence-electron chi connectivity index (χ4n) is 1.45. The Hall–Kier alpha value is 1.01. The summed E-state index contributed by atoms with van der Waals surface area (Å²) in [5.41, 5.74) is 0. The Labute approximate surface area is 75.7 Å². The van der Waals surface area contributed by atoms with Gasteiger partial charge in [-0.1, -0.05) is 0 Å².